The van der Waals surface area contributed by atoms with Crippen LogP contribution in [0.5, 0.6) is 0 Å². The molecule has 1 heterocycles. The van der Waals surface area contributed by atoms with E-state index in [1.165, 1.54) is 0 Å². The van der Waals surface area contributed by atoms with Gasteiger partial charge in [-0.1, -0.05) is 6.07 Å². The fraction of sp³-hybridized carbons (Fsp3) is 0.455. The predicted octanol–water partition coefficient (Wildman–Crippen LogP) is 0.820. The quantitative estimate of drug-likeness (QED) is 0.795. The maximum atomic E-state index is 11.3. The van der Waals surface area contributed by atoms with Crippen LogP contribution in [0, 0.1) is 0 Å². The van der Waals surface area contributed by atoms with E-state index in [-0.39, 0.29) is 11.9 Å². The molecule has 1 amide bonds. The molecule has 82 valence electrons. The van der Waals surface area contributed by atoms with Crippen molar-refractivity contribution in [3.8, 4) is 0 Å². The average molecular weight is 207 g/mol. The van der Waals surface area contributed by atoms with Crippen LogP contribution in [-0.2, 0) is 4.79 Å². The van der Waals surface area contributed by atoms with Gasteiger partial charge >= 0.3 is 0 Å². The van der Waals surface area contributed by atoms with Crippen LogP contribution in [0.2, 0.25) is 0 Å². The molecule has 4 heteroatoms. The maximum absolute atomic E-state index is 11.3. The molecule has 1 N–H and O–H groups in total. The highest BCUT2D eigenvalue weighted by Crippen LogP contribution is 2.08. The van der Waals surface area contributed by atoms with Crippen molar-refractivity contribution in [1.29, 1.82) is 0 Å². The summed E-state index contributed by atoms with van der Waals surface area (Å²) in [4.78, 5) is 16.9. The van der Waals surface area contributed by atoms with Gasteiger partial charge in [-0.25, -0.2) is 0 Å². The molecule has 1 unspecified atom stereocenters. The van der Waals surface area contributed by atoms with Gasteiger partial charge in [-0.3, -0.25) is 9.78 Å². The highest BCUT2D eigenvalue weighted by molar-refractivity contribution is 5.77. The number of pyridine rings is 1. The SMILES string of the molecule is CC(NCC(=O)N(C)C)c1cccnc1. The van der Waals surface area contributed by atoms with Gasteiger partial charge in [-0.15, -0.1) is 0 Å². The lowest BCUT2D eigenvalue weighted by atomic mass is 10.1. The minimum Gasteiger partial charge on any atom is -0.348 e. The van der Waals surface area contributed by atoms with Crippen molar-refractivity contribution >= 4 is 5.91 Å². The number of nitrogens with one attached hydrogen (secondary N) is 1. The number of hydrogen-bond donors (Lipinski definition) is 1. The Kier molecular flexibility index (Phi) is 4.24. The molecule has 1 rings (SSSR count). The number of amides is 1. The summed E-state index contributed by atoms with van der Waals surface area (Å²) in [5.74, 6) is 0.0748. The van der Waals surface area contributed by atoms with Gasteiger partial charge in [0.05, 0.1) is 6.54 Å². The van der Waals surface area contributed by atoms with E-state index in [1.54, 1.807) is 31.4 Å². The molecule has 0 bridgehead atoms. The number of likely N-dealkylation sites (N-methyl/N-ethyl adjacent to an activating group) is 1. The Morgan fingerprint density at radius 2 is 2.33 bits per heavy atom. The first kappa shape index (κ1) is 11.7. The molecule has 0 fully saturated rings. The molecule has 0 spiro atoms. The number of rotatable bonds is 4. The fourth-order valence-corrected chi connectivity index (χ4v) is 1.15. The number of carbonyl (C=O) groups excluding carboxylic acids is 1. The zero-order chi connectivity index (χ0) is 11.3. The average Bonchev–Trinajstić information content (AvgIpc) is 2.26. The molecule has 0 saturated carbocycles. The first-order valence-corrected chi connectivity index (χ1v) is 4.94. The Morgan fingerprint density at radius 1 is 1.60 bits per heavy atom. The van der Waals surface area contributed by atoms with E-state index < -0.39 is 0 Å². The van der Waals surface area contributed by atoms with Crippen molar-refractivity contribution in [1.82, 2.24) is 15.2 Å². The summed E-state index contributed by atoms with van der Waals surface area (Å²) in [5, 5.41) is 3.15. The van der Waals surface area contributed by atoms with E-state index in [4.69, 9.17) is 0 Å². The van der Waals surface area contributed by atoms with Crippen molar-refractivity contribution in [2.45, 2.75) is 13.0 Å². The number of carbonyl (C=O) groups is 1. The summed E-state index contributed by atoms with van der Waals surface area (Å²) in [6.07, 6.45) is 3.54. The van der Waals surface area contributed by atoms with Crippen LogP contribution >= 0.6 is 0 Å². The van der Waals surface area contributed by atoms with Gasteiger partial charge < -0.3 is 10.2 Å². The van der Waals surface area contributed by atoms with Gasteiger partial charge in [-0.05, 0) is 18.6 Å². The molecule has 15 heavy (non-hydrogen) atoms. The van der Waals surface area contributed by atoms with Gasteiger partial charge in [0.1, 0.15) is 0 Å². The number of nitrogens with zero attached hydrogens (tertiary/aromatic N) is 2. The lowest BCUT2D eigenvalue weighted by molar-refractivity contribution is -0.127. The Hall–Kier alpha value is -1.42. The van der Waals surface area contributed by atoms with Crippen LogP contribution in [0.15, 0.2) is 24.5 Å². The molecule has 4 nitrogen and oxygen atoms in total. The van der Waals surface area contributed by atoms with Crippen LogP contribution in [0.4, 0.5) is 0 Å². The molecule has 1 aromatic rings. The van der Waals surface area contributed by atoms with Crippen LogP contribution in [0.1, 0.15) is 18.5 Å². The van der Waals surface area contributed by atoms with Crippen molar-refractivity contribution < 1.29 is 4.79 Å². The van der Waals surface area contributed by atoms with E-state index in [0.717, 1.165) is 5.56 Å². The molecule has 0 aliphatic rings. The smallest absolute Gasteiger partial charge is 0.236 e. The Labute approximate surface area is 90.3 Å². The summed E-state index contributed by atoms with van der Waals surface area (Å²) in [5.41, 5.74) is 1.09. The third kappa shape index (κ3) is 3.67. The third-order valence-electron chi connectivity index (χ3n) is 2.24. The first-order chi connectivity index (χ1) is 7.11. The minimum atomic E-state index is 0.0748. The summed E-state index contributed by atoms with van der Waals surface area (Å²) in [6.45, 7) is 2.36. The predicted molar refractivity (Wildman–Crippen MR) is 59.3 cm³/mol. The van der Waals surface area contributed by atoms with Crippen LogP contribution in [-0.4, -0.2) is 36.4 Å². The molecule has 0 radical (unpaired) electrons. The van der Waals surface area contributed by atoms with E-state index in [9.17, 15) is 4.79 Å². The van der Waals surface area contributed by atoms with E-state index in [1.807, 2.05) is 19.1 Å². The van der Waals surface area contributed by atoms with Crippen molar-refractivity contribution in [2.75, 3.05) is 20.6 Å². The highest BCUT2D eigenvalue weighted by Gasteiger charge is 2.08. The molecule has 0 saturated heterocycles. The largest absolute Gasteiger partial charge is 0.348 e. The minimum absolute atomic E-state index is 0.0748. The zero-order valence-electron chi connectivity index (χ0n) is 9.40. The highest BCUT2D eigenvalue weighted by atomic mass is 16.2. The Balaban J connectivity index is 2.44. The summed E-state index contributed by atoms with van der Waals surface area (Å²) >= 11 is 0. The molecule has 0 aliphatic carbocycles. The van der Waals surface area contributed by atoms with Gasteiger partial charge in [0, 0.05) is 32.5 Å². The molecular formula is C11H17N3O. The Morgan fingerprint density at radius 3 is 2.87 bits per heavy atom. The summed E-state index contributed by atoms with van der Waals surface area (Å²) in [7, 11) is 3.50. The van der Waals surface area contributed by atoms with E-state index >= 15 is 0 Å². The molecule has 1 aromatic heterocycles. The normalized spacial score (nSPS) is 12.2. The van der Waals surface area contributed by atoms with Gasteiger partial charge in [0.2, 0.25) is 5.91 Å². The fourth-order valence-electron chi connectivity index (χ4n) is 1.15. The third-order valence-corrected chi connectivity index (χ3v) is 2.24. The second-order valence-electron chi connectivity index (χ2n) is 3.68. The van der Waals surface area contributed by atoms with E-state index in [2.05, 4.69) is 10.3 Å². The first-order valence-electron chi connectivity index (χ1n) is 4.94. The lowest BCUT2D eigenvalue weighted by Gasteiger charge is -2.15. The van der Waals surface area contributed by atoms with Crippen LogP contribution in [0.25, 0.3) is 0 Å². The summed E-state index contributed by atoms with van der Waals surface area (Å²) in [6, 6.07) is 4.02. The van der Waals surface area contributed by atoms with Crippen molar-refractivity contribution in [2.24, 2.45) is 0 Å². The van der Waals surface area contributed by atoms with Crippen LogP contribution < -0.4 is 5.32 Å². The topological polar surface area (TPSA) is 45.2 Å². The molecular weight excluding hydrogens is 190 g/mol. The maximum Gasteiger partial charge on any atom is 0.236 e. The Bertz CT molecular complexity index is 311. The molecule has 1 atom stereocenters. The lowest BCUT2D eigenvalue weighted by Crippen LogP contribution is -2.34. The van der Waals surface area contributed by atoms with Crippen molar-refractivity contribution in [3.05, 3.63) is 30.1 Å². The molecule has 0 aliphatic heterocycles. The van der Waals surface area contributed by atoms with Crippen LogP contribution in [0.3, 0.4) is 0 Å². The second kappa shape index (κ2) is 5.46. The van der Waals surface area contributed by atoms with Gasteiger partial charge in [0.25, 0.3) is 0 Å². The number of hydrogen-bond acceptors (Lipinski definition) is 3. The zero-order valence-corrected chi connectivity index (χ0v) is 9.40. The monoisotopic (exact) mass is 207 g/mol. The summed E-state index contributed by atoms with van der Waals surface area (Å²) < 4.78 is 0. The van der Waals surface area contributed by atoms with Gasteiger partial charge in [0.15, 0.2) is 0 Å². The van der Waals surface area contributed by atoms with Gasteiger partial charge in [-0.2, -0.15) is 0 Å². The van der Waals surface area contributed by atoms with E-state index in [0.29, 0.717) is 6.54 Å². The standard InChI is InChI=1S/C11H17N3O/c1-9(10-5-4-6-12-7-10)13-8-11(15)14(2)3/h4-7,9,13H,8H2,1-3H3. The number of aromatic nitrogens is 1. The molecule has 0 aromatic carbocycles. The van der Waals surface area contributed by atoms with Crippen molar-refractivity contribution in [3.63, 3.8) is 0 Å². The second-order valence-corrected chi connectivity index (χ2v) is 3.68.